The molecule has 1 heterocycles. The number of hydrogen-bond acceptors (Lipinski definition) is 3. The summed E-state index contributed by atoms with van der Waals surface area (Å²) in [5, 5.41) is 12.4. The van der Waals surface area contributed by atoms with Gasteiger partial charge in [0.2, 0.25) is 0 Å². The molecule has 0 atom stereocenters. The van der Waals surface area contributed by atoms with Crippen molar-refractivity contribution < 1.29 is 14.6 Å². The SMILES string of the molecule is O=C1NCCN1CCOc1c(Cl)cccc1CO. The van der Waals surface area contributed by atoms with Gasteiger partial charge in [0.05, 0.1) is 18.2 Å². The molecule has 0 saturated carbocycles. The summed E-state index contributed by atoms with van der Waals surface area (Å²) in [5.74, 6) is 0.487. The fourth-order valence-corrected chi connectivity index (χ4v) is 2.07. The van der Waals surface area contributed by atoms with Crippen molar-refractivity contribution >= 4 is 17.6 Å². The van der Waals surface area contributed by atoms with Gasteiger partial charge < -0.3 is 20.1 Å². The highest BCUT2D eigenvalue weighted by atomic mass is 35.5. The molecule has 6 heteroatoms. The van der Waals surface area contributed by atoms with Gasteiger partial charge in [0.15, 0.2) is 0 Å². The van der Waals surface area contributed by atoms with E-state index in [2.05, 4.69) is 5.32 Å². The summed E-state index contributed by atoms with van der Waals surface area (Å²) in [6.07, 6.45) is 0. The van der Waals surface area contributed by atoms with Crippen molar-refractivity contribution in [3.8, 4) is 5.75 Å². The number of urea groups is 1. The number of carbonyl (C=O) groups is 1. The summed E-state index contributed by atoms with van der Waals surface area (Å²) < 4.78 is 5.56. The molecule has 0 aliphatic carbocycles. The average molecular weight is 271 g/mol. The minimum atomic E-state index is -0.125. The predicted molar refractivity (Wildman–Crippen MR) is 67.8 cm³/mol. The zero-order valence-electron chi connectivity index (χ0n) is 9.86. The molecule has 2 N–H and O–H groups in total. The van der Waals surface area contributed by atoms with Crippen LogP contribution in [0.5, 0.6) is 5.75 Å². The zero-order chi connectivity index (χ0) is 13.0. The van der Waals surface area contributed by atoms with Gasteiger partial charge in [0, 0.05) is 18.7 Å². The molecule has 1 aliphatic rings. The minimum absolute atomic E-state index is 0.0693. The Labute approximate surface area is 110 Å². The molecule has 18 heavy (non-hydrogen) atoms. The number of aliphatic hydroxyl groups excluding tert-OH is 1. The van der Waals surface area contributed by atoms with E-state index in [1.165, 1.54) is 0 Å². The Morgan fingerprint density at radius 2 is 2.33 bits per heavy atom. The molecule has 1 aromatic rings. The standard InChI is InChI=1S/C12H15ClN2O3/c13-10-3-1-2-9(8-16)11(10)18-7-6-15-5-4-14-12(15)17/h1-3,16H,4-8H2,(H,14,17). The molecular weight excluding hydrogens is 256 g/mol. The van der Waals surface area contributed by atoms with E-state index >= 15 is 0 Å². The van der Waals surface area contributed by atoms with Crippen LogP contribution in [0.15, 0.2) is 18.2 Å². The third-order valence-corrected chi connectivity index (χ3v) is 3.07. The highest BCUT2D eigenvalue weighted by Crippen LogP contribution is 2.28. The lowest BCUT2D eigenvalue weighted by Gasteiger charge is -2.16. The fourth-order valence-electron chi connectivity index (χ4n) is 1.82. The molecule has 2 rings (SSSR count). The first-order valence-corrected chi connectivity index (χ1v) is 6.14. The second-order valence-corrected chi connectivity index (χ2v) is 4.36. The minimum Gasteiger partial charge on any atom is -0.490 e. The lowest BCUT2D eigenvalue weighted by Crippen LogP contribution is -2.31. The second-order valence-electron chi connectivity index (χ2n) is 3.95. The maximum atomic E-state index is 11.3. The quantitative estimate of drug-likeness (QED) is 0.846. The summed E-state index contributed by atoms with van der Waals surface area (Å²) in [5.41, 5.74) is 0.647. The Bertz CT molecular complexity index is 439. The maximum Gasteiger partial charge on any atom is 0.317 e. The first kappa shape index (κ1) is 13.0. The number of aliphatic hydroxyl groups is 1. The van der Waals surface area contributed by atoms with E-state index in [1.807, 2.05) is 0 Å². The Hall–Kier alpha value is -1.46. The van der Waals surface area contributed by atoms with Gasteiger partial charge in [0.25, 0.3) is 0 Å². The largest absolute Gasteiger partial charge is 0.490 e. The molecule has 1 aliphatic heterocycles. The lowest BCUT2D eigenvalue weighted by molar-refractivity contribution is 0.200. The van der Waals surface area contributed by atoms with E-state index in [9.17, 15) is 9.90 Å². The van der Waals surface area contributed by atoms with Crippen LogP contribution in [-0.2, 0) is 6.61 Å². The number of nitrogens with one attached hydrogen (secondary N) is 1. The van der Waals surface area contributed by atoms with Gasteiger partial charge >= 0.3 is 6.03 Å². The van der Waals surface area contributed by atoms with Crippen LogP contribution in [-0.4, -0.2) is 42.3 Å². The number of halogens is 1. The van der Waals surface area contributed by atoms with E-state index in [4.69, 9.17) is 16.3 Å². The van der Waals surface area contributed by atoms with Crippen LogP contribution in [0.3, 0.4) is 0 Å². The molecule has 98 valence electrons. The molecule has 1 saturated heterocycles. The molecule has 0 aromatic heterocycles. The van der Waals surface area contributed by atoms with Gasteiger partial charge in [-0.3, -0.25) is 0 Å². The third-order valence-electron chi connectivity index (χ3n) is 2.77. The van der Waals surface area contributed by atoms with Crippen LogP contribution >= 0.6 is 11.6 Å². The van der Waals surface area contributed by atoms with E-state index in [0.29, 0.717) is 42.6 Å². The number of ether oxygens (including phenoxy) is 1. The molecule has 5 nitrogen and oxygen atoms in total. The predicted octanol–water partition coefficient (Wildman–Crippen LogP) is 1.24. The average Bonchev–Trinajstić information content (AvgIpc) is 2.77. The van der Waals surface area contributed by atoms with E-state index in [1.54, 1.807) is 23.1 Å². The van der Waals surface area contributed by atoms with Gasteiger partial charge in [-0.1, -0.05) is 23.7 Å². The van der Waals surface area contributed by atoms with Gasteiger partial charge in [0.1, 0.15) is 12.4 Å². The van der Waals surface area contributed by atoms with Crippen molar-refractivity contribution in [1.82, 2.24) is 10.2 Å². The summed E-state index contributed by atoms with van der Waals surface area (Å²) >= 11 is 6.00. The van der Waals surface area contributed by atoms with Crippen LogP contribution in [0.1, 0.15) is 5.56 Å². The second kappa shape index (κ2) is 5.93. The monoisotopic (exact) mass is 270 g/mol. The van der Waals surface area contributed by atoms with Crippen LogP contribution < -0.4 is 10.1 Å². The first-order valence-electron chi connectivity index (χ1n) is 5.76. The summed E-state index contributed by atoms with van der Waals surface area (Å²) in [6.45, 7) is 2.09. The van der Waals surface area contributed by atoms with Gasteiger partial charge in [-0.25, -0.2) is 4.79 Å². The molecule has 1 aromatic carbocycles. The van der Waals surface area contributed by atoms with Crippen molar-refractivity contribution in [3.05, 3.63) is 28.8 Å². The highest BCUT2D eigenvalue weighted by molar-refractivity contribution is 6.32. The van der Waals surface area contributed by atoms with Crippen molar-refractivity contribution in [2.75, 3.05) is 26.2 Å². The van der Waals surface area contributed by atoms with Crippen LogP contribution in [0.2, 0.25) is 5.02 Å². The number of hydrogen-bond donors (Lipinski definition) is 2. The summed E-state index contributed by atoms with van der Waals surface area (Å²) in [6, 6.07) is 5.15. The maximum absolute atomic E-state index is 11.3. The van der Waals surface area contributed by atoms with E-state index in [0.717, 1.165) is 0 Å². The first-order chi connectivity index (χ1) is 8.72. The number of carbonyl (C=O) groups excluding carboxylic acids is 1. The zero-order valence-corrected chi connectivity index (χ0v) is 10.6. The van der Waals surface area contributed by atoms with Crippen molar-refractivity contribution in [2.45, 2.75) is 6.61 Å². The normalized spacial score (nSPS) is 14.8. The van der Waals surface area contributed by atoms with Crippen LogP contribution in [0, 0.1) is 0 Å². The van der Waals surface area contributed by atoms with E-state index < -0.39 is 0 Å². The molecule has 1 fully saturated rings. The summed E-state index contributed by atoms with van der Waals surface area (Å²) in [7, 11) is 0. The number of para-hydroxylation sites is 1. The smallest absolute Gasteiger partial charge is 0.317 e. The topological polar surface area (TPSA) is 61.8 Å². The Morgan fingerprint density at radius 3 is 3.00 bits per heavy atom. The highest BCUT2D eigenvalue weighted by Gasteiger charge is 2.19. The molecule has 0 radical (unpaired) electrons. The van der Waals surface area contributed by atoms with Crippen LogP contribution in [0.4, 0.5) is 4.79 Å². The number of rotatable bonds is 5. The van der Waals surface area contributed by atoms with Gasteiger partial charge in [-0.15, -0.1) is 0 Å². The molecule has 0 bridgehead atoms. The molecule has 0 unspecified atom stereocenters. The van der Waals surface area contributed by atoms with E-state index in [-0.39, 0.29) is 12.6 Å². The van der Waals surface area contributed by atoms with Gasteiger partial charge in [-0.2, -0.15) is 0 Å². The Balaban J connectivity index is 1.92. The molecule has 2 amide bonds. The molecule has 0 spiro atoms. The fraction of sp³-hybridized carbons (Fsp3) is 0.417. The van der Waals surface area contributed by atoms with Crippen molar-refractivity contribution in [2.24, 2.45) is 0 Å². The Morgan fingerprint density at radius 1 is 1.50 bits per heavy atom. The van der Waals surface area contributed by atoms with Crippen molar-refractivity contribution in [1.29, 1.82) is 0 Å². The number of benzene rings is 1. The van der Waals surface area contributed by atoms with Crippen molar-refractivity contribution in [3.63, 3.8) is 0 Å². The third kappa shape index (κ3) is 2.86. The Kier molecular flexibility index (Phi) is 4.28. The summed E-state index contributed by atoms with van der Waals surface area (Å²) in [4.78, 5) is 13.0. The number of nitrogens with zero attached hydrogens (tertiary/aromatic N) is 1. The lowest BCUT2D eigenvalue weighted by atomic mass is 10.2. The molecular formula is C12H15ClN2O3. The van der Waals surface area contributed by atoms with Crippen LogP contribution in [0.25, 0.3) is 0 Å². The number of amides is 2. The van der Waals surface area contributed by atoms with Gasteiger partial charge in [-0.05, 0) is 6.07 Å².